The van der Waals surface area contributed by atoms with Crippen molar-refractivity contribution in [3.8, 4) is 5.88 Å². The summed E-state index contributed by atoms with van der Waals surface area (Å²) in [6.45, 7) is 12.4. The van der Waals surface area contributed by atoms with Crippen LogP contribution in [-0.2, 0) is 0 Å². The summed E-state index contributed by atoms with van der Waals surface area (Å²) in [5, 5.41) is 1.99. The fourth-order valence-corrected chi connectivity index (χ4v) is 2.69. The van der Waals surface area contributed by atoms with Gasteiger partial charge in [-0.25, -0.2) is 4.98 Å². The summed E-state index contributed by atoms with van der Waals surface area (Å²) in [6, 6.07) is 3.92. The Morgan fingerprint density at radius 3 is 2.75 bits per heavy atom. The molecule has 0 unspecified atom stereocenters. The number of hydrogen-bond acceptors (Lipinski definition) is 2. The van der Waals surface area contributed by atoms with E-state index in [0.717, 1.165) is 45.8 Å². The standard InChI is InChI=1S/C21H24N2O/c1-5-7-19-15(3)16(4)20(23-19)12-14(2)17-10-11-21(22-13-17)24-18-8-6-9-18/h5,7,10-13,18,23H,2,4,6,8-9H2,1,3H3/b7-5-,20-12+. The minimum atomic E-state index is 0.346. The maximum Gasteiger partial charge on any atom is 0.213 e. The number of aromatic nitrogens is 2. The van der Waals surface area contributed by atoms with E-state index in [1.165, 1.54) is 6.42 Å². The summed E-state index contributed by atoms with van der Waals surface area (Å²) in [5.41, 5.74) is 4.13. The molecule has 0 aliphatic heterocycles. The number of nitrogens with zero attached hydrogens (tertiary/aromatic N) is 1. The Morgan fingerprint density at radius 2 is 2.17 bits per heavy atom. The van der Waals surface area contributed by atoms with Crippen molar-refractivity contribution >= 4 is 24.3 Å². The van der Waals surface area contributed by atoms with Crippen molar-refractivity contribution < 1.29 is 4.74 Å². The molecule has 124 valence electrons. The smallest absolute Gasteiger partial charge is 0.213 e. The van der Waals surface area contributed by atoms with E-state index in [9.17, 15) is 0 Å². The van der Waals surface area contributed by atoms with Gasteiger partial charge in [-0.3, -0.25) is 0 Å². The molecule has 0 amide bonds. The summed E-state index contributed by atoms with van der Waals surface area (Å²) in [4.78, 5) is 7.79. The van der Waals surface area contributed by atoms with E-state index in [4.69, 9.17) is 4.74 Å². The number of aromatic amines is 1. The zero-order chi connectivity index (χ0) is 17.1. The molecule has 3 heteroatoms. The van der Waals surface area contributed by atoms with E-state index in [2.05, 4.69) is 36.1 Å². The van der Waals surface area contributed by atoms with Gasteiger partial charge in [0.15, 0.2) is 0 Å². The number of ether oxygens (including phenoxy) is 1. The Kier molecular flexibility index (Phi) is 4.70. The van der Waals surface area contributed by atoms with Gasteiger partial charge in [0.25, 0.3) is 0 Å². The van der Waals surface area contributed by atoms with Crippen molar-refractivity contribution in [1.29, 1.82) is 0 Å². The number of pyridine rings is 1. The van der Waals surface area contributed by atoms with Crippen LogP contribution in [0, 0.1) is 6.92 Å². The van der Waals surface area contributed by atoms with Crippen molar-refractivity contribution in [1.82, 2.24) is 9.97 Å². The highest BCUT2D eigenvalue weighted by Crippen LogP contribution is 2.24. The zero-order valence-corrected chi connectivity index (χ0v) is 14.4. The molecule has 0 aromatic carbocycles. The van der Waals surface area contributed by atoms with Crippen LogP contribution >= 0.6 is 0 Å². The van der Waals surface area contributed by atoms with Gasteiger partial charge in [0.2, 0.25) is 5.88 Å². The van der Waals surface area contributed by atoms with Gasteiger partial charge >= 0.3 is 0 Å². The highest BCUT2D eigenvalue weighted by atomic mass is 16.5. The van der Waals surface area contributed by atoms with Crippen LogP contribution in [0.3, 0.4) is 0 Å². The molecule has 1 N–H and O–H groups in total. The Balaban J connectivity index is 1.81. The van der Waals surface area contributed by atoms with Gasteiger partial charge in [0.05, 0.1) is 0 Å². The maximum atomic E-state index is 5.79. The van der Waals surface area contributed by atoms with E-state index in [1.54, 1.807) is 0 Å². The van der Waals surface area contributed by atoms with Gasteiger partial charge in [-0.15, -0.1) is 0 Å². The Labute approximate surface area is 143 Å². The second kappa shape index (κ2) is 6.91. The predicted octanol–water partition coefficient (Wildman–Crippen LogP) is 3.59. The largest absolute Gasteiger partial charge is 0.474 e. The molecule has 1 aliphatic carbocycles. The van der Waals surface area contributed by atoms with Crippen LogP contribution in [0.2, 0.25) is 0 Å². The van der Waals surface area contributed by atoms with Crippen LogP contribution in [0.4, 0.5) is 0 Å². The molecule has 3 nitrogen and oxygen atoms in total. The van der Waals surface area contributed by atoms with Gasteiger partial charge in [-0.05, 0) is 73.2 Å². The van der Waals surface area contributed by atoms with Crippen molar-refractivity contribution in [2.45, 2.75) is 39.2 Å². The number of H-pyrrole nitrogens is 1. The van der Waals surface area contributed by atoms with Crippen molar-refractivity contribution in [2.75, 3.05) is 0 Å². The second-order valence-corrected chi connectivity index (χ2v) is 6.28. The van der Waals surface area contributed by atoms with E-state index in [0.29, 0.717) is 12.0 Å². The lowest BCUT2D eigenvalue weighted by Crippen LogP contribution is -2.24. The first-order valence-corrected chi connectivity index (χ1v) is 8.42. The minimum Gasteiger partial charge on any atom is -0.474 e. The summed E-state index contributed by atoms with van der Waals surface area (Å²) in [7, 11) is 0. The number of hydrogen-bond donors (Lipinski definition) is 1. The molecule has 3 rings (SSSR count). The lowest BCUT2D eigenvalue weighted by Gasteiger charge is -2.25. The Morgan fingerprint density at radius 1 is 1.38 bits per heavy atom. The molecule has 0 bridgehead atoms. The molecule has 0 atom stereocenters. The van der Waals surface area contributed by atoms with Gasteiger partial charge in [-0.2, -0.15) is 0 Å². The number of nitrogens with one attached hydrogen (secondary N) is 1. The first-order valence-electron chi connectivity index (χ1n) is 8.42. The molecule has 0 saturated heterocycles. The summed E-state index contributed by atoms with van der Waals surface area (Å²) < 4.78 is 5.79. The quantitative estimate of drug-likeness (QED) is 0.914. The third kappa shape index (κ3) is 3.35. The van der Waals surface area contributed by atoms with E-state index in [-0.39, 0.29) is 0 Å². The number of allylic oxidation sites excluding steroid dienone is 2. The SMILES string of the molecule is C=C(/C=c1/[nH]c(/C=C\C)c(C)c1=C)c1ccc(OC2CCC2)nc1. The average Bonchev–Trinajstić information content (AvgIpc) is 2.80. The molecule has 2 heterocycles. The monoisotopic (exact) mass is 320 g/mol. The maximum absolute atomic E-state index is 5.79. The molecule has 1 aliphatic rings. The normalized spacial score (nSPS) is 15.7. The lowest BCUT2D eigenvalue weighted by molar-refractivity contribution is 0.114. The first kappa shape index (κ1) is 16.3. The Hall–Kier alpha value is -2.55. The molecular weight excluding hydrogens is 296 g/mol. The van der Waals surface area contributed by atoms with Crippen molar-refractivity contribution in [3.05, 3.63) is 58.4 Å². The zero-order valence-electron chi connectivity index (χ0n) is 14.4. The van der Waals surface area contributed by atoms with E-state index < -0.39 is 0 Å². The van der Waals surface area contributed by atoms with Crippen LogP contribution in [0.15, 0.2) is 31.0 Å². The van der Waals surface area contributed by atoms with Crippen LogP contribution in [0.1, 0.15) is 43.0 Å². The molecule has 2 aromatic heterocycles. The molecular formula is C21H24N2O. The topological polar surface area (TPSA) is 37.9 Å². The molecule has 0 spiro atoms. The molecule has 1 saturated carbocycles. The molecule has 0 radical (unpaired) electrons. The highest BCUT2D eigenvalue weighted by Gasteiger charge is 2.19. The van der Waals surface area contributed by atoms with E-state index >= 15 is 0 Å². The van der Waals surface area contributed by atoms with Gasteiger partial charge in [0.1, 0.15) is 6.10 Å². The van der Waals surface area contributed by atoms with Gasteiger partial charge in [0, 0.05) is 23.3 Å². The lowest BCUT2D eigenvalue weighted by atomic mass is 9.96. The highest BCUT2D eigenvalue weighted by molar-refractivity contribution is 5.86. The van der Waals surface area contributed by atoms with Gasteiger partial charge < -0.3 is 9.72 Å². The fourth-order valence-electron chi connectivity index (χ4n) is 2.69. The molecule has 2 aromatic rings. The summed E-state index contributed by atoms with van der Waals surface area (Å²) >= 11 is 0. The fraction of sp³-hybridized carbons (Fsp3) is 0.286. The van der Waals surface area contributed by atoms with Crippen LogP contribution in [-0.4, -0.2) is 16.1 Å². The Bertz CT molecular complexity index is 868. The third-order valence-corrected chi connectivity index (χ3v) is 4.55. The summed E-state index contributed by atoms with van der Waals surface area (Å²) in [6.07, 6.45) is 11.8. The molecule has 24 heavy (non-hydrogen) atoms. The van der Waals surface area contributed by atoms with Crippen molar-refractivity contribution in [3.63, 3.8) is 0 Å². The summed E-state index contributed by atoms with van der Waals surface area (Å²) in [5.74, 6) is 0.695. The second-order valence-electron chi connectivity index (χ2n) is 6.28. The van der Waals surface area contributed by atoms with Crippen molar-refractivity contribution in [2.24, 2.45) is 0 Å². The van der Waals surface area contributed by atoms with E-state index in [1.807, 2.05) is 37.4 Å². The van der Waals surface area contributed by atoms with Gasteiger partial charge in [-0.1, -0.05) is 19.2 Å². The van der Waals surface area contributed by atoms with Crippen LogP contribution < -0.4 is 15.3 Å². The number of rotatable bonds is 5. The first-order chi connectivity index (χ1) is 11.6. The molecule has 1 fully saturated rings. The predicted molar refractivity (Wildman–Crippen MR) is 101 cm³/mol. The van der Waals surface area contributed by atoms with Crippen LogP contribution in [0.25, 0.3) is 24.3 Å². The average molecular weight is 320 g/mol. The van der Waals surface area contributed by atoms with Crippen LogP contribution in [0.5, 0.6) is 5.88 Å². The third-order valence-electron chi connectivity index (χ3n) is 4.55. The minimum absolute atomic E-state index is 0.346.